The summed E-state index contributed by atoms with van der Waals surface area (Å²) in [6.45, 7) is 0. The first-order valence-corrected chi connectivity index (χ1v) is 9.70. The molecule has 0 saturated carbocycles. The molecule has 1 amide bonds. The second kappa shape index (κ2) is 9.32. The predicted molar refractivity (Wildman–Crippen MR) is 107 cm³/mol. The molecular formula is C20H22N2O4S. The quantitative estimate of drug-likeness (QED) is 0.558. The van der Waals surface area contributed by atoms with Crippen molar-refractivity contribution in [2.75, 3.05) is 25.7 Å². The van der Waals surface area contributed by atoms with Gasteiger partial charge in [0.25, 0.3) is 0 Å². The minimum atomic E-state index is -0.207. The average Bonchev–Trinajstić information content (AvgIpc) is 2.65. The molecule has 0 radical (unpaired) electrons. The van der Waals surface area contributed by atoms with Gasteiger partial charge in [0.2, 0.25) is 5.91 Å². The highest BCUT2D eigenvalue weighted by atomic mass is 32.2. The second-order valence-corrected chi connectivity index (χ2v) is 7.08. The van der Waals surface area contributed by atoms with Gasteiger partial charge in [-0.2, -0.15) is 16.9 Å². The lowest BCUT2D eigenvalue weighted by molar-refractivity contribution is -0.120. The number of carbonyl (C=O) groups excluding carboxylic acids is 1. The first-order chi connectivity index (χ1) is 13.2. The Labute approximate surface area is 162 Å². The molecule has 1 heterocycles. The molecule has 0 aliphatic carbocycles. The SMILES string of the molecule is COc1ccc(CC(=O)N/N=C/c2ccc(OC3CSC3)cc2)cc1OC. The van der Waals surface area contributed by atoms with E-state index in [2.05, 4.69) is 10.5 Å². The monoisotopic (exact) mass is 386 g/mol. The maximum Gasteiger partial charge on any atom is 0.244 e. The smallest absolute Gasteiger partial charge is 0.244 e. The number of hydrogen-bond acceptors (Lipinski definition) is 6. The minimum absolute atomic E-state index is 0.198. The summed E-state index contributed by atoms with van der Waals surface area (Å²) in [5, 5.41) is 4.01. The van der Waals surface area contributed by atoms with E-state index in [0.29, 0.717) is 17.6 Å². The van der Waals surface area contributed by atoms with E-state index >= 15 is 0 Å². The molecule has 7 heteroatoms. The molecule has 1 aliphatic rings. The van der Waals surface area contributed by atoms with Gasteiger partial charge in [-0.25, -0.2) is 5.43 Å². The molecule has 1 fully saturated rings. The van der Waals surface area contributed by atoms with Crippen LogP contribution in [0.2, 0.25) is 0 Å². The van der Waals surface area contributed by atoms with Crippen molar-refractivity contribution in [1.82, 2.24) is 5.43 Å². The lowest BCUT2D eigenvalue weighted by Gasteiger charge is -2.25. The number of carbonyl (C=O) groups is 1. The van der Waals surface area contributed by atoms with Crippen LogP contribution in [-0.2, 0) is 11.2 Å². The highest BCUT2D eigenvalue weighted by Crippen LogP contribution is 2.27. The lowest BCUT2D eigenvalue weighted by atomic mass is 10.1. The third-order valence-corrected chi connectivity index (χ3v) is 5.22. The molecule has 0 atom stereocenters. The molecule has 6 nitrogen and oxygen atoms in total. The number of nitrogens with one attached hydrogen (secondary N) is 1. The molecular weight excluding hydrogens is 364 g/mol. The van der Waals surface area contributed by atoms with E-state index in [1.54, 1.807) is 32.6 Å². The molecule has 142 valence electrons. The second-order valence-electron chi connectivity index (χ2n) is 6.01. The molecule has 2 aromatic carbocycles. The van der Waals surface area contributed by atoms with Crippen molar-refractivity contribution in [3.8, 4) is 17.2 Å². The van der Waals surface area contributed by atoms with Gasteiger partial charge in [0, 0.05) is 11.5 Å². The number of methoxy groups -OCH3 is 2. The number of rotatable bonds is 8. The summed E-state index contributed by atoms with van der Waals surface area (Å²) in [4.78, 5) is 12.1. The summed E-state index contributed by atoms with van der Waals surface area (Å²) >= 11 is 1.89. The summed E-state index contributed by atoms with van der Waals surface area (Å²) in [7, 11) is 3.14. The Hall–Kier alpha value is -2.67. The van der Waals surface area contributed by atoms with Crippen LogP contribution in [0.5, 0.6) is 17.2 Å². The van der Waals surface area contributed by atoms with Crippen LogP contribution < -0.4 is 19.6 Å². The van der Waals surface area contributed by atoms with Crippen molar-refractivity contribution in [3.63, 3.8) is 0 Å². The third-order valence-electron chi connectivity index (χ3n) is 4.01. The maximum absolute atomic E-state index is 12.1. The molecule has 0 aromatic heterocycles. The van der Waals surface area contributed by atoms with E-state index < -0.39 is 0 Å². The summed E-state index contributed by atoms with van der Waals surface area (Å²) in [5.41, 5.74) is 4.24. The van der Waals surface area contributed by atoms with Crippen molar-refractivity contribution in [2.24, 2.45) is 5.10 Å². The predicted octanol–water partition coefficient (Wildman–Crippen LogP) is 2.89. The molecule has 3 rings (SSSR count). The lowest BCUT2D eigenvalue weighted by Crippen LogP contribution is -2.30. The first-order valence-electron chi connectivity index (χ1n) is 8.55. The van der Waals surface area contributed by atoms with E-state index in [4.69, 9.17) is 14.2 Å². The van der Waals surface area contributed by atoms with Crippen LogP contribution in [0.25, 0.3) is 0 Å². The van der Waals surface area contributed by atoms with Gasteiger partial charge in [-0.3, -0.25) is 4.79 Å². The standard InChI is InChI=1S/C20H22N2O4S/c1-24-18-8-5-15(9-19(18)25-2)10-20(23)22-21-11-14-3-6-16(7-4-14)26-17-12-27-13-17/h3-9,11,17H,10,12-13H2,1-2H3,(H,22,23)/b21-11+. The number of hydrazone groups is 1. The van der Waals surface area contributed by atoms with Crippen LogP contribution in [0.4, 0.5) is 0 Å². The number of benzene rings is 2. The number of hydrogen-bond donors (Lipinski definition) is 1. The van der Waals surface area contributed by atoms with Gasteiger partial charge in [-0.1, -0.05) is 6.07 Å². The van der Waals surface area contributed by atoms with Crippen LogP contribution in [0, 0.1) is 0 Å². The molecule has 0 bridgehead atoms. The first kappa shape index (κ1) is 19.1. The number of ether oxygens (including phenoxy) is 3. The molecule has 27 heavy (non-hydrogen) atoms. The third kappa shape index (κ3) is 5.40. The van der Waals surface area contributed by atoms with E-state index in [1.807, 2.05) is 42.1 Å². The molecule has 0 unspecified atom stereocenters. The highest BCUT2D eigenvalue weighted by molar-refractivity contribution is 8.00. The Kier molecular flexibility index (Phi) is 6.59. The summed E-state index contributed by atoms with van der Waals surface area (Å²) in [6.07, 6.45) is 2.13. The van der Waals surface area contributed by atoms with Crippen LogP contribution in [-0.4, -0.2) is 44.0 Å². The van der Waals surface area contributed by atoms with E-state index in [1.165, 1.54) is 0 Å². The molecule has 2 aromatic rings. The Balaban J connectivity index is 1.49. The Bertz CT molecular complexity index is 804. The Morgan fingerprint density at radius 2 is 1.89 bits per heavy atom. The van der Waals surface area contributed by atoms with E-state index in [0.717, 1.165) is 28.4 Å². The van der Waals surface area contributed by atoms with E-state index in [9.17, 15) is 4.79 Å². The molecule has 0 spiro atoms. The largest absolute Gasteiger partial charge is 0.493 e. The van der Waals surface area contributed by atoms with Gasteiger partial charge in [-0.15, -0.1) is 0 Å². The van der Waals surface area contributed by atoms with Gasteiger partial charge in [-0.05, 0) is 47.5 Å². The Morgan fingerprint density at radius 1 is 1.15 bits per heavy atom. The van der Waals surface area contributed by atoms with E-state index in [-0.39, 0.29) is 12.3 Å². The zero-order chi connectivity index (χ0) is 19.1. The van der Waals surface area contributed by atoms with Crippen molar-refractivity contribution in [1.29, 1.82) is 0 Å². The van der Waals surface area contributed by atoms with Crippen LogP contribution in [0.15, 0.2) is 47.6 Å². The maximum atomic E-state index is 12.1. The Morgan fingerprint density at radius 3 is 2.52 bits per heavy atom. The van der Waals surface area contributed by atoms with Crippen molar-refractivity contribution >= 4 is 23.9 Å². The fraction of sp³-hybridized carbons (Fsp3) is 0.300. The minimum Gasteiger partial charge on any atom is -0.493 e. The molecule has 1 aliphatic heterocycles. The van der Waals surface area contributed by atoms with Gasteiger partial charge < -0.3 is 14.2 Å². The van der Waals surface area contributed by atoms with Gasteiger partial charge >= 0.3 is 0 Å². The number of thioether (sulfide) groups is 1. The average molecular weight is 386 g/mol. The normalized spacial score (nSPS) is 13.9. The molecule has 1 N–H and O–H groups in total. The zero-order valence-electron chi connectivity index (χ0n) is 15.3. The zero-order valence-corrected chi connectivity index (χ0v) is 16.1. The summed E-state index contributed by atoms with van der Waals surface area (Å²) < 4.78 is 16.2. The fourth-order valence-corrected chi connectivity index (χ4v) is 3.07. The van der Waals surface area contributed by atoms with Crippen LogP contribution in [0.3, 0.4) is 0 Å². The van der Waals surface area contributed by atoms with Crippen LogP contribution in [0.1, 0.15) is 11.1 Å². The van der Waals surface area contributed by atoms with Crippen molar-refractivity contribution in [3.05, 3.63) is 53.6 Å². The number of nitrogens with zero attached hydrogens (tertiary/aromatic N) is 1. The highest BCUT2D eigenvalue weighted by Gasteiger charge is 2.19. The van der Waals surface area contributed by atoms with Gasteiger partial charge in [0.1, 0.15) is 11.9 Å². The molecule has 1 saturated heterocycles. The van der Waals surface area contributed by atoms with Crippen molar-refractivity contribution in [2.45, 2.75) is 12.5 Å². The fourth-order valence-electron chi connectivity index (χ4n) is 2.50. The van der Waals surface area contributed by atoms with Crippen molar-refractivity contribution < 1.29 is 19.0 Å². The summed E-state index contributed by atoms with van der Waals surface area (Å²) in [6, 6.07) is 13.0. The van der Waals surface area contributed by atoms with Crippen LogP contribution >= 0.6 is 11.8 Å². The summed E-state index contributed by atoms with van der Waals surface area (Å²) in [5.74, 6) is 3.97. The van der Waals surface area contributed by atoms with Gasteiger partial charge in [0.05, 0.1) is 26.9 Å². The topological polar surface area (TPSA) is 69.2 Å². The van der Waals surface area contributed by atoms with Gasteiger partial charge in [0.15, 0.2) is 11.5 Å². The number of amides is 1.